The number of ether oxygens (including phenoxy) is 1. The van der Waals surface area contributed by atoms with Crippen LogP contribution in [0.4, 0.5) is 4.79 Å². The monoisotopic (exact) mass is 404 g/mol. The minimum absolute atomic E-state index is 0.0161. The molecule has 1 aliphatic heterocycles. The number of hydrogen-bond acceptors (Lipinski definition) is 5. The Morgan fingerprint density at radius 2 is 1.87 bits per heavy atom. The fourth-order valence-corrected chi connectivity index (χ4v) is 3.47. The molecule has 1 saturated heterocycles. The van der Waals surface area contributed by atoms with Gasteiger partial charge in [0.2, 0.25) is 11.7 Å². The summed E-state index contributed by atoms with van der Waals surface area (Å²) < 4.78 is 11.3. The second kappa shape index (κ2) is 8.18. The lowest BCUT2D eigenvalue weighted by atomic mass is 10.1. The average molecular weight is 404 g/mol. The minimum Gasteiger partial charge on any atom is -0.487 e. The van der Waals surface area contributed by atoms with Gasteiger partial charge in [0, 0.05) is 18.0 Å². The van der Waals surface area contributed by atoms with Gasteiger partial charge in [-0.2, -0.15) is 4.98 Å². The average Bonchev–Trinajstić information content (AvgIpc) is 3.48. The van der Waals surface area contributed by atoms with Gasteiger partial charge in [-0.15, -0.1) is 0 Å². The number of rotatable bonds is 7. The van der Waals surface area contributed by atoms with E-state index < -0.39 is 0 Å². The maximum absolute atomic E-state index is 12.2. The first-order chi connectivity index (χ1) is 14.7. The molecule has 1 saturated carbocycles. The third-order valence-electron chi connectivity index (χ3n) is 5.45. The number of likely N-dealkylation sites (tertiary alicyclic amines) is 1. The van der Waals surface area contributed by atoms with Gasteiger partial charge in [-0.1, -0.05) is 35.5 Å². The van der Waals surface area contributed by atoms with Gasteiger partial charge < -0.3 is 19.5 Å². The van der Waals surface area contributed by atoms with Crippen molar-refractivity contribution in [1.82, 2.24) is 20.4 Å². The van der Waals surface area contributed by atoms with E-state index in [9.17, 15) is 4.79 Å². The number of carbonyl (C=O) groups is 1. The van der Waals surface area contributed by atoms with Gasteiger partial charge >= 0.3 is 6.03 Å². The molecular weight excluding hydrogens is 380 g/mol. The molecule has 2 amide bonds. The lowest BCUT2D eigenvalue weighted by Gasteiger charge is -2.38. The Balaban J connectivity index is 1.05. The molecule has 0 bridgehead atoms. The lowest BCUT2D eigenvalue weighted by molar-refractivity contribution is 0.0445. The van der Waals surface area contributed by atoms with Gasteiger partial charge in [0.25, 0.3) is 0 Å². The standard InChI is InChI=1S/C23H24N4O3/c28-23(24-13-12-16-4-2-1-3-5-16)27-14-20(15-27)29-19-10-8-17(9-11-19)21-25-22(30-26-21)18-6-7-18/h1-5,8-11,18,20H,6-7,12-15H2,(H,24,28). The largest absolute Gasteiger partial charge is 0.487 e. The molecule has 0 radical (unpaired) electrons. The number of aromatic nitrogens is 2. The van der Waals surface area contributed by atoms with Gasteiger partial charge in [-0.3, -0.25) is 0 Å². The van der Waals surface area contributed by atoms with E-state index >= 15 is 0 Å². The molecule has 7 nitrogen and oxygen atoms in total. The number of hydrogen-bond donors (Lipinski definition) is 1. The van der Waals surface area contributed by atoms with E-state index in [2.05, 4.69) is 27.6 Å². The second-order valence-electron chi connectivity index (χ2n) is 7.87. The third-order valence-corrected chi connectivity index (χ3v) is 5.45. The van der Waals surface area contributed by atoms with Crippen LogP contribution in [0.5, 0.6) is 5.75 Å². The van der Waals surface area contributed by atoms with Crippen molar-refractivity contribution in [3.63, 3.8) is 0 Å². The van der Waals surface area contributed by atoms with Gasteiger partial charge in [0.05, 0.1) is 13.1 Å². The van der Waals surface area contributed by atoms with Crippen molar-refractivity contribution in [2.75, 3.05) is 19.6 Å². The first-order valence-corrected chi connectivity index (χ1v) is 10.4. The zero-order chi connectivity index (χ0) is 20.3. The highest BCUT2D eigenvalue weighted by Gasteiger charge is 2.32. The number of carbonyl (C=O) groups excluding carboxylic acids is 1. The van der Waals surface area contributed by atoms with Crippen molar-refractivity contribution in [2.24, 2.45) is 0 Å². The van der Waals surface area contributed by atoms with Crippen molar-refractivity contribution in [1.29, 1.82) is 0 Å². The lowest BCUT2D eigenvalue weighted by Crippen LogP contribution is -2.59. The van der Waals surface area contributed by atoms with Crippen molar-refractivity contribution in [2.45, 2.75) is 31.3 Å². The zero-order valence-corrected chi connectivity index (χ0v) is 16.7. The molecule has 2 heterocycles. The Morgan fingerprint density at radius 1 is 1.10 bits per heavy atom. The maximum atomic E-state index is 12.2. The molecule has 2 aromatic carbocycles. The summed E-state index contributed by atoms with van der Waals surface area (Å²) in [7, 11) is 0. The molecule has 5 rings (SSSR count). The normalized spacial score (nSPS) is 16.2. The van der Waals surface area contributed by atoms with Crippen molar-refractivity contribution in [3.8, 4) is 17.1 Å². The van der Waals surface area contributed by atoms with E-state index in [4.69, 9.17) is 9.26 Å². The summed E-state index contributed by atoms with van der Waals surface area (Å²) in [6.45, 7) is 1.81. The van der Waals surface area contributed by atoms with Crippen LogP contribution in [0.25, 0.3) is 11.4 Å². The zero-order valence-electron chi connectivity index (χ0n) is 16.7. The summed E-state index contributed by atoms with van der Waals surface area (Å²) in [4.78, 5) is 18.4. The molecule has 3 aromatic rings. The van der Waals surface area contributed by atoms with E-state index in [1.54, 1.807) is 4.90 Å². The smallest absolute Gasteiger partial charge is 0.317 e. The van der Waals surface area contributed by atoms with Crippen LogP contribution >= 0.6 is 0 Å². The Bertz CT molecular complexity index is 993. The Hall–Kier alpha value is -3.35. The Labute approximate surface area is 175 Å². The molecule has 2 aliphatic rings. The first-order valence-electron chi connectivity index (χ1n) is 10.4. The molecule has 30 heavy (non-hydrogen) atoms. The van der Waals surface area contributed by atoms with E-state index in [0.29, 0.717) is 31.4 Å². The summed E-state index contributed by atoms with van der Waals surface area (Å²) in [5.74, 6) is 2.58. The molecular formula is C23H24N4O3. The van der Waals surface area contributed by atoms with Crippen molar-refractivity contribution < 1.29 is 14.1 Å². The van der Waals surface area contributed by atoms with Gasteiger partial charge in [-0.05, 0) is 49.1 Å². The molecule has 1 aliphatic carbocycles. The molecule has 1 N–H and O–H groups in total. The number of amides is 2. The topological polar surface area (TPSA) is 80.5 Å². The van der Waals surface area contributed by atoms with E-state index in [1.165, 1.54) is 5.56 Å². The van der Waals surface area contributed by atoms with Crippen LogP contribution in [0.1, 0.15) is 30.2 Å². The van der Waals surface area contributed by atoms with Crippen molar-refractivity contribution >= 4 is 6.03 Å². The fraction of sp³-hybridized carbons (Fsp3) is 0.348. The highest BCUT2D eigenvalue weighted by molar-refractivity contribution is 5.75. The molecule has 2 fully saturated rings. The van der Waals surface area contributed by atoms with E-state index in [-0.39, 0.29) is 12.1 Å². The molecule has 1 aromatic heterocycles. The Morgan fingerprint density at radius 3 is 2.60 bits per heavy atom. The summed E-state index contributed by atoms with van der Waals surface area (Å²) in [5.41, 5.74) is 2.13. The van der Waals surface area contributed by atoms with Gasteiger partial charge in [-0.25, -0.2) is 4.79 Å². The molecule has 154 valence electrons. The Kier molecular flexibility index (Phi) is 5.09. The predicted molar refractivity (Wildman–Crippen MR) is 111 cm³/mol. The summed E-state index contributed by atoms with van der Waals surface area (Å²) in [6, 6.07) is 17.8. The summed E-state index contributed by atoms with van der Waals surface area (Å²) >= 11 is 0. The van der Waals surface area contributed by atoms with E-state index in [1.807, 2.05) is 42.5 Å². The SMILES string of the molecule is O=C(NCCc1ccccc1)N1CC(Oc2ccc(-c3noc(C4CC4)n3)cc2)C1. The summed E-state index contributed by atoms with van der Waals surface area (Å²) in [6.07, 6.45) is 3.12. The molecule has 0 atom stereocenters. The minimum atomic E-state index is -0.0373. The predicted octanol–water partition coefficient (Wildman–Crippen LogP) is 3.63. The maximum Gasteiger partial charge on any atom is 0.317 e. The second-order valence-corrected chi connectivity index (χ2v) is 7.87. The van der Waals surface area contributed by atoms with Crippen LogP contribution in [-0.2, 0) is 6.42 Å². The van der Waals surface area contributed by atoms with Gasteiger partial charge in [0.15, 0.2) is 0 Å². The molecule has 0 unspecified atom stereocenters. The first kappa shape index (κ1) is 18.7. The fourth-order valence-electron chi connectivity index (χ4n) is 3.47. The number of nitrogens with zero attached hydrogens (tertiary/aromatic N) is 3. The number of benzene rings is 2. The van der Waals surface area contributed by atoms with Crippen LogP contribution in [-0.4, -0.2) is 46.8 Å². The van der Waals surface area contributed by atoms with Crippen LogP contribution in [0.2, 0.25) is 0 Å². The highest BCUT2D eigenvalue weighted by Crippen LogP contribution is 2.39. The van der Waals surface area contributed by atoms with Crippen LogP contribution < -0.4 is 10.1 Å². The summed E-state index contributed by atoms with van der Waals surface area (Å²) in [5, 5.41) is 7.03. The quantitative estimate of drug-likeness (QED) is 0.650. The number of nitrogens with one attached hydrogen (secondary N) is 1. The van der Waals surface area contributed by atoms with Gasteiger partial charge in [0.1, 0.15) is 11.9 Å². The van der Waals surface area contributed by atoms with Crippen LogP contribution in [0.3, 0.4) is 0 Å². The van der Waals surface area contributed by atoms with Crippen LogP contribution in [0.15, 0.2) is 59.1 Å². The van der Waals surface area contributed by atoms with E-state index in [0.717, 1.165) is 36.5 Å². The van der Waals surface area contributed by atoms with Crippen molar-refractivity contribution in [3.05, 3.63) is 66.1 Å². The molecule has 7 heteroatoms. The third kappa shape index (κ3) is 4.30. The number of urea groups is 1. The highest BCUT2D eigenvalue weighted by atomic mass is 16.5. The molecule has 0 spiro atoms. The van der Waals surface area contributed by atoms with Crippen LogP contribution in [0, 0.1) is 0 Å².